The molecule has 0 saturated heterocycles. The Morgan fingerprint density at radius 2 is 2.04 bits per heavy atom. The second-order valence-electron chi connectivity index (χ2n) is 5.19. The molecule has 5 nitrogen and oxygen atoms in total. The standard InChI is InChI=1S/C18H16N4O/c1-2-21(18(23)15-8-6-14(11-19)7-9-15)13-16-12-20-17-5-3-4-10-22(16)17/h3-10,12H,2,13H2,1H3. The first-order valence-electron chi connectivity index (χ1n) is 7.43. The van der Waals surface area contributed by atoms with Crippen molar-refractivity contribution in [2.45, 2.75) is 13.5 Å². The fourth-order valence-electron chi connectivity index (χ4n) is 2.49. The molecule has 1 amide bonds. The van der Waals surface area contributed by atoms with Gasteiger partial charge in [-0.1, -0.05) is 6.07 Å². The van der Waals surface area contributed by atoms with Gasteiger partial charge in [0, 0.05) is 18.3 Å². The SMILES string of the molecule is CCN(Cc1cnc2ccccn12)C(=O)c1ccc(C#N)cc1. The number of aromatic nitrogens is 2. The Morgan fingerprint density at radius 3 is 2.74 bits per heavy atom. The van der Waals surface area contributed by atoms with E-state index < -0.39 is 0 Å². The molecule has 0 aliphatic rings. The summed E-state index contributed by atoms with van der Waals surface area (Å²) in [4.78, 5) is 18.8. The van der Waals surface area contributed by atoms with Crippen LogP contribution in [0.1, 0.15) is 28.5 Å². The second-order valence-corrected chi connectivity index (χ2v) is 5.19. The van der Waals surface area contributed by atoms with Crippen LogP contribution in [0.15, 0.2) is 54.9 Å². The first kappa shape index (κ1) is 14.8. The van der Waals surface area contributed by atoms with Gasteiger partial charge in [-0.3, -0.25) is 4.79 Å². The van der Waals surface area contributed by atoms with Crippen LogP contribution in [-0.2, 0) is 6.54 Å². The number of benzene rings is 1. The minimum absolute atomic E-state index is 0.0529. The summed E-state index contributed by atoms with van der Waals surface area (Å²) in [7, 11) is 0. The van der Waals surface area contributed by atoms with Gasteiger partial charge in [0.1, 0.15) is 5.65 Å². The van der Waals surface area contributed by atoms with Gasteiger partial charge in [0.2, 0.25) is 0 Å². The molecule has 2 aromatic heterocycles. The van der Waals surface area contributed by atoms with Crippen LogP contribution >= 0.6 is 0 Å². The van der Waals surface area contributed by atoms with Gasteiger partial charge in [0.15, 0.2) is 0 Å². The lowest BCUT2D eigenvalue weighted by atomic mass is 10.1. The fraction of sp³-hybridized carbons (Fsp3) is 0.167. The summed E-state index contributed by atoms with van der Waals surface area (Å²) in [6, 6.07) is 14.6. The van der Waals surface area contributed by atoms with Crippen LogP contribution < -0.4 is 0 Å². The van der Waals surface area contributed by atoms with Crippen molar-refractivity contribution in [3.05, 3.63) is 71.7 Å². The monoisotopic (exact) mass is 304 g/mol. The van der Waals surface area contributed by atoms with Crippen LogP contribution in [-0.4, -0.2) is 26.7 Å². The van der Waals surface area contributed by atoms with Crippen molar-refractivity contribution in [3.63, 3.8) is 0 Å². The first-order chi connectivity index (χ1) is 11.2. The maximum absolute atomic E-state index is 12.7. The molecule has 23 heavy (non-hydrogen) atoms. The van der Waals surface area contributed by atoms with Crippen LogP contribution in [0, 0.1) is 11.3 Å². The van der Waals surface area contributed by atoms with Gasteiger partial charge in [-0.2, -0.15) is 5.26 Å². The quantitative estimate of drug-likeness (QED) is 0.744. The Morgan fingerprint density at radius 1 is 1.26 bits per heavy atom. The highest BCUT2D eigenvalue weighted by molar-refractivity contribution is 5.94. The molecule has 0 atom stereocenters. The Kier molecular flexibility index (Phi) is 4.07. The average Bonchev–Trinajstić information content (AvgIpc) is 3.02. The van der Waals surface area contributed by atoms with Gasteiger partial charge in [-0.25, -0.2) is 4.98 Å². The molecule has 1 aromatic carbocycles. The number of carbonyl (C=O) groups excluding carboxylic acids is 1. The van der Waals surface area contributed by atoms with Crippen molar-refractivity contribution in [2.24, 2.45) is 0 Å². The predicted octanol–water partition coefficient (Wildman–Crippen LogP) is 2.87. The van der Waals surface area contributed by atoms with Crippen molar-refractivity contribution in [1.82, 2.24) is 14.3 Å². The highest BCUT2D eigenvalue weighted by atomic mass is 16.2. The van der Waals surface area contributed by atoms with Crippen LogP contribution in [0.4, 0.5) is 0 Å². The normalized spacial score (nSPS) is 10.4. The van der Waals surface area contributed by atoms with Crippen molar-refractivity contribution in [1.29, 1.82) is 5.26 Å². The zero-order valence-corrected chi connectivity index (χ0v) is 12.8. The number of imidazole rings is 1. The zero-order chi connectivity index (χ0) is 16.2. The third-order valence-electron chi connectivity index (χ3n) is 3.78. The van der Waals surface area contributed by atoms with Gasteiger partial charge in [0.05, 0.1) is 30.1 Å². The lowest BCUT2D eigenvalue weighted by molar-refractivity contribution is 0.0750. The number of nitriles is 1. The largest absolute Gasteiger partial charge is 0.333 e. The molecule has 0 bridgehead atoms. The van der Waals surface area contributed by atoms with E-state index in [0.717, 1.165) is 11.3 Å². The smallest absolute Gasteiger partial charge is 0.254 e. The van der Waals surface area contributed by atoms with E-state index in [1.54, 1.807) is 35.4 Å². The van der Waals surface area contributed by atoms with Crippen LogP contribution in [0.2, 0.25) is 0 Å². The summed E-state index contributed by atoms with van der Waals surface area (Å²) >= 11 is 0. The number of amides is 1. The lowest BCUT2D eigenvalue weighted by Crippen LogP contribution is -2.30. The minimum Gasteiger partial charge on any atom is -0.333 e. The summed E-state index contributed by atoms with van der Waals surface area (Å²) in [5, 5.41) is 8.84. The van der Waals surface area contributed by atoms with Gasteiger partial charge >= 0.3 is 0 Å². The molecule has 0 aliphatic heterocycles. The number of nitrogens with zero attached hydrogens (tertiary/aromatic N) is 4. The molecule has 0 fully saturated rings. The number of fused-ring (bicyclic) bond motifs is 1. The Labute approximate surface area is 134 Å². The lowest BCUT2D eigenvalue weighted by Gasteiger charge is -2.20. The van der Waals surface area contributed by atoms with Gasteiger partial charge in [-0.15, -0.1) is 0 Å². The molecule has 2 heterocycles. The number of hydrogen-bond donors (Lipinski definition) is 0. The molecular formula is C18H16N4O. The number of hydrogen-bond acceptors (Lipinski definition) is 3. The van der Waals surface area contributed by atoms with E-state index in [-0.39, 0.29) is 5.91 Å². The molecule has 3 aromatic rings. The van der Waals surface area contributed by atoms with Crippen molar-refractivity contribution >= 4 is 11.6 Å². The predicted molar refractivity (Wildman–Crippen MR) is 86.8 cm³/mol. The van der Waals surface area contributed by atoms with E-state index in [2.05, 4.69) is 11.1 Å². The van der Waals surface area contributed by atoms with E-state index in [1.807, 2.05) is 35.7 Å². The van der Waals surface area contributed by atoms with Crippen molar-refractivity contribution < 1.29 is 4.79 Å². The van der Waals surface area contributed by atoms with Crippen molar-refractivity contribution in [3.8, 4) is 6.07 Å². The molecule has 0 spiro atoms. The molecule has 0 saturated carbocycles. The summed E-state index contributed by atoms with van der Waals surface area (Å²) in [6.07, 6.45) is 3.74. The maximum atomic E-state index is 12.7. The van der Waals surface area contributed by atoms with Crippen LogP contribution in [0.5, 0.6) is 0 Å². The van der Waals surface area contributed by atoms with E-state index in [0.29, 0.717) is 24.2 Å². The molecule has 114 valence electrons. The van der Waals surface area contributed by atoms with Crippen LogP contribution in [0.3, 0.4) is 0 Å². The fourth-order valence-corrected chi connectivity index (χ4v) is 2.49. The van der Waals surface area contributed by atoms with Gasteiger partial charge in [0.25, 0.3) is 5.91 Å². The Hall–Kier alpha value is -3.13. The molecular weight excluding hydrogens is 288 g/mol. The highest BCUT2D eigenvalue weighted by Crippen LogP contribution is 2.13. The second kappa shape index (κ2) is 6.32. The van der Waals surface area contributed by atoms with Gasteiger partial charge < -0.3 is 9.30 Å². The van der Waals surface area contributed by atoms with Gasteiger partial charge in [-0.05, 0) is 43.3 Å². The maximum Gasteiger partial charge on any atom is 0.254 e. The van der Waals surface area contributed by atoms with E-state index >= 15 is 0 Å². The summed E-state index contributed by atoms with van der Waals surface area (Å²) < 4.78 is 1.98. The summed E-state index contributed by atoms with van der Waals surface area (Å²) in [6.45, 7) is 3.03. The zero-order valence-electron chi connectivity index (χ0n) is 12.8. The van der Waals surface area contributed by atoms with E-state index in [4.69, 9.17) is 5.26 Å². The molecule has 5 heteroatoms. The van der Waals surface area contributed by atoms with Crippen molar-refractivity contribution in [2.75, 3.05) is 6.54 Å². The average molecular weight is 304 g/mol. The number of carbonyl (C=O) groups is 1. The highest BCUT2D eigenvalue weighted by Gasteiger charge is 2.16. The molecule has 3 rings (SSSR count). The third kappa shape index (κ3) is 2.92. The van der Waals surface area contributed by atoms with E-state index in [9.17, 15) is 4.79 Å². The first-order valence-corrected chi connectivity index (χ1v) is 7.43. The minimum atomic E-state index is -0.0529. The number of rotatable bonds is 4. The molecule has 0 N–H and O–H groups in total. The third-order valence-corrected chi connectivity index (χ3v) is 3.78. The Balaban J connectivity index is 1.84. The molecule has 0 unspecified atom stereocenters. The Bertz CT molecular complexity index is 874. The summed E-state index contributed by atoms with van der Waals surface area (Å²) in [5.74, 6) is -0.0529. The molecule has 0 aliphatic carbocycles. The van der Waals surface area contributed by atoms with Crippen LogP contribution in [0.25, 0.3) is 5.65 Å². The summed E-state index contributed by atoms with van der Waals surface area (Å²) in [5.41, 5.74) is 2.96. The number of pyridine rings is 1. The molecule has 0 radical (unpaired) electrons. The van der Waals surface area contributed by atoms with E-state index in [1.165, 1.54) is 0 Å². The topological polar surface area (TPSA) is 61.4 Å².